The fraction of sp³-hybridized carbons (Fsp3) is 0.500. The third-order valence-electron chi connectivity index (χ3n) is 2.93. The minimum Gasteiger partial charge on any atom is -0.484 e. The highest BCUT2D eigenvalue weighted by molar-refractivity contribution is 9.10. The number of amides is 1. The van der Waals surface area contributed by atoms with Gasteiger partial charge in [-0.15, -0.1) is 0 Å². The fourth-order valence-corrected chi connectivity index (χ4v) is 2.55. The van der Waals surface area contributed by atoms with Crippen molar-refractivity contribution in [3.8, 4) is 5.75 Å². The first kappa shape index (κ1) is 14.3. The van der Waals surface area contributed by atoms with Crippen LogP contribution in [0, 0.1) is 0 Å². The van der Waals surface area contributed by atoms with Crippen molar-refractivity contribution in [2.24, 2.45) is 0 Å². The molecular formula is C14H18BrNO3. The first-order chi connectivity index (χ1) is 9.04. The zero-order valence-electron chi connectivity index (χ0n) is 11.1. The molecule has 1 heterocycles. The third kappa shape index (κ3) is 4.21. The lowest BCUT2D eigenvalue weighted by Crippen LogP contribution is -2.49. The molecule has 0 aromatic heterocycles. The molecule has 0 saturated carbocycles. The lowest BCUT2D eigenvalue weighted by Gasteiger charge is -2.35. The number of morpholine rings is 1. The Morgan fingerprint density at radius 3 is 2.74 bits per heavy atom. The van der Waals surface area contributed by atoms with E-state index >= 15 is 0 Å². The van der Waals surface area contributed by atoms with Crippen LogP contribution in [0.1, 0.15) is 13.8 Å². The van der Waals surface area contributed by atoms with Crippen molar-refractivity contribution in [1.29, 1.82) is 0 Å². The molecule has 0 radical (unpaired) electrons. The van der Waals surface area contributed by atoms with Crippen LogP contribution >= 0.6 is 15.9 Å². The summed E-state index contributed by atoms with van der Waals surface area (Å²) in [5.74, 6) is 0.694. The molecule has 1 amide bonds. The van der Waals surface area contributed by atoms with Gasteiger partial charge in [0.15, 0.2) is 6.61 Å². The quantitative estimate of drug-likeness (QED) is 0.856. The molecule has 2 atom stereocenters. The Morgan fingerprint density at radius 1 is 1.42 bits per heavy atom. The minimum atomic E-state index is 0.00183. The summed E-state index contributed by atoms with van der Waals surface area (Å²) in [6.07, 6.45) is 0.164. The van der Waals surface area contributed by atoms with Gasteiger partial charge in [0.1, 0.15) is 5.75 Å². The van der Waals surface area contributed by atoms with Crippen LogP contribution in [0.15, 0.2) is 28.7 Å². The number of hydrogen-bond donors (Lipinski definition) is 0. The monoisotopic (exact) mass is 327 g/mol. The van der Waals surface area contributed by atoms with Gasteiger partial charge in [-0.2, -0.15) is 0 Å². The van der Waals surface area contributed by atoms with Crippen LogP contribution in [0.5, 0.6) is 5.75 Å². The fourth-order valence-electron chi connectivity index (χ4n) is 2.17. The molecule has 4 nitrogen and oxygen atoms in total. The van der Waals surface area contributed by atoms with Gasteiger partial charge in [0.2, 0.25) is 0 Å². The maximum atomic E-state index is 12.1. The Labute approximate surface area is 121 Å². The van der Waals surface area contributed by atoms with E-state index < -0.39 is 0 Å². The molecule has 1 saturated heterocycles. The van der Waals surface area contributed by atoms with Gasteiger partial charge in [0.05, 0.1) is 12.2 Å². The van der Waals surface area contributed by atoms with E-state index in [1.807, 2.05) is 38.1 Å². The number of hydrogen-bond acceptors (Lipinski definition) is 3. The second kappa shape index (κ2) is 6.39. The lowest BCUT2D eigenvalue weighted by atomic mass is 10.2. The van der Waals surface area contributed by atoms with Crippen molar-refractivity contribution < 1.29 is 14.3 Å². The van der Waals surface area contributed by atoms with Crippen LogP contribution in [0.2, 0.25) is 0 Å². The van der Waals surface area contributed by atoms with Gasteiger partial charge in [-0.05, 0) is 32.0 Å². The van der Waals surface area contributed by atoms with E-state index in [4.69, 9.17) is 9.47 Å². The van der Waals surface area contributed by atoms with E-state index in [9.17, 15) is 4.79 Å². The minimum absolute atomic E-state index is 0.00183. The topological polar surface area (TPSA) is 38.8 Å². The highest BCUT2D eigenvalue weighted by Gasteiger charge is 2.25. The lowest BCUT2D eigenvalue weighted by molar-refractivity contribution is -0.145. The molecule has 0 N–H and O–H groups in total. The normalized spacial score (nSPS) is 23.2. The predicted octanol–water partition coefficient (Wildman–Crippen LogP) is 2.46. The van der Waals surface area contributed by atoms with Gasteiger partial charge in [-0.3, -0.25) is 4.79 Å². The second-order valence-corrected chi connectivity index (χ2v) is 5.72. The van der Waals surface area contributed by atoms with E-state index in [0.717, 1.165) is 4.47 Å². The highest BCUT2D eigenvalue weighted by atomic mass is 79.9. The van der Waals surface area contributed by atoms with Gasteiger partial charge in [0, 0.05) is 17.6 Å². The average molecular weight is 328 g/mol. The Hall–Kier alpha value is -1.07. The SMILES string of the molecule is CC1CN(C(=O)COc2cccc(Br)c2)CC(C)O1. The Morgan fingerprint density at radius 2 is 2.11 bits per heavy atom. The average Bonchev–Trinajstić information content (AvgIpc) is 2.35. The van der Waals surface area contributed by atoms with Crippen molar-refractivity contribution in [1.82, 2.24) is 4.90 Å². The number of nitrogens with zero attached hydrogens (tertiary/aromatic N) is 1. The van der Waals surface area contributed by atoms with Gasteiger partial charge in [-0.1, -0.05) is 22.0 Å². The molecule has 1 aromatic carbocycles. The highest BCUT2D eigenvalue weighted by Crippen LogP contribution is 2.18. The third-order valence-corrected chi connectivity index (χ3v) is 3.42. The van der Waals surface area contributed by atoms with Crippen molar-refractivity contribution in [3.05, 3.63) is 28.7 Å². The van der Waals surface area contributed by atoms with Crippen molar-refractivity contribution in [2.45, 2.75) is 26.1 Å². The first-order valence-electron chi connectivity index (χ1n) is 6.36. The number of ether oxygens (including phenoxy) is 2. The zero-order chi connectivity index (χ0) is 13.8. The van der Waals surface area contributed by atoms with Crippen molar-refractivity contribution >= 4 is 21.8 Å². The summed E-state index contributed by atoms with van der Waals surface area (Å²) in [6, 6.07) is 7.48. The van der Waals surface area contributed by atoms with Crippen LogP contribution in [-0.2, 0) is 9.53 Å². The van der Waals surface area contributed by atoms with Gasteiger partial charge < -0.3 is 14.4 Å². The van der Waals surface area contributed by atoms with Crippen LogP contribution in [0.3, 0.4) is 0 Å². The maximum absolute atomic E-state index is 12.1. The van der Waals surface area contributed by atoms with Crippen molar-refractivity contribution in [3.63, 3.8) is 0 Å². The van der Waals surface area contributed by atoms with Gasteiger partial charge in [0.25, 0.3) is 5.91 Å². The molecule has 1 aliphatic rings. The summed E-state index contributed by atoms with van der Waals surface area (Å²) >= 11 is 3.37. The summed E-state index contributed by atoms with van der Waals surface area (Å²) in [4.78, 5) is 13.9. The predicted molar refractivity (Wildman–Crippen MR) is 76.2 cm³/mol. The van der Waals surface area contributed by atoms with Gasteiger partial charge >= 0.3 is 0 Å². The molecular weight excluding hydrogens is 310 g/mol. The summed E-state index contributed by atoms with van der Waals surface area (Å²) in [7, 11) is 0. The van der Waals surface area contributed by atoms with Crippen LogP contribution in [-0.4, -0.2) is 42.7 Å². The maximum Gasteiger partial charge on any atom is 0.260 e. The molecule has 2 rings (SSSR count). The molecule has 1 aromatic rings. The molecule has 1 fully saturated rings. The summed E-state index contributed by atoms with van der Waals surface area (Å²) in [5.41, 5.74) is 0. The van der Waals surface area contributed by atoms with Crippen LogP contribution in [0.4, 0.5) is 0 Å². The molecule has 2 unspecified atom stereocenters. The summed E-state index contributed by atoms with van der Waals surface area (Å²) < 4.78 is 12.1. The Kier molecular flexibility index (Phi) is 4.82. The number of carbonyl (C=O) groups excluding carboxylic acids is 1. The summed E-state index contributed by atoms with van der Waals surface area (Å²) in [5, 5.41) is 0. The Bertz CT molecular complexity index is 442. The zero-order valence-corrected chi connectivity index (χ0v) is 12.7. The smallest absolute Gasteiger partial charge is 0.260 e. The van der Waals surface area contributed by atoms with E-state index in [-0.39, 0.29) is 24.7 Å². The van der Waals surface area contributed by atoms with Crippen molar-refractivity contribution in [2.75, 3.05) is 19.7 Å². The van der Waals surface area contributed by atoms with Gasteiger partial charge in [-0.25, -0.2) is 0 Å². The van der Waals surface area contributed by atoms with Crippen LogP contribution in [0.25, 0.3) is 0 Å². The molecule has 0 spiro atoms. The molecule has 104 valence electrons. The standard InChI is InChI=1S/C14H18BrNO3/c1-10-7-16(8-11(2)19-10)14(17)9-18-13-5-3-4-12(15)6-13/h3-6,10-11H,7-9H2,1-2H3. The number of benzene rings is 1. The molecule has 19 heavy (non-hydrogen) atoms. The number of carbonyl (C=O) groups is 1. The van der Waals surface area contributed by atoms with Crippen LogP contribution < -0.4 is 4.74 Å². The second-order valence-electron chi connectivity index (χ2n) is 4.80. The van der Waals surface area contributed by atoms with E-state index in [1.165, 1.54) is 0 Å². The number of halogens is 1. The molecule has 0 bridgehead atoms. The molecule has 5 heteroatoms. The first-order valence-corrected chi connectivity index (χ1v) is 7.15. The molecule has 1 aliphatic heterocycles. The van der Waals surface area contributed by atoms with E-state index in [1.54, 1.807) is 4.90 Å². The number of rotatable bonds is 3. The largest absolute Gasteiger partial charge is 0.484 e. The Balaban J connectivity index is 1.87. The molecule has 0 aliphatic carbocycles. The summed E-state index contributed by atoms with van der Waals surface area (Å²) in [6.45, 7) is 5.28. The van der Waals surface area contributed by atoms with E-state index in [2.05, 4.69) is 15.9 Å². The van der Waals surface area contributed by atoms with E-state index in [0.29, 0.717) is 18.8 Å².